The first-order valence-electron chi connectivity index (χ1n) is 6.21. The van der Waals surface area contributed by atoms with Gasteiger partial charge >= 0.3 is 0 Å². The maximum atomic E-state index is 14.2. The largest absolute Gasteiger partial charge is 0.493 e. The fourth-order valence-corrected chi connectivity index (χ4v) is 2.39. The number of carbonyl (C=O) groups excluding carboxylic acids is 1. The molecule has 0 unspecified atom stereocenters. The molecule has 0 aliphatic heterocycles. The molecule has 110 valence electrons. The first kappa shape index (κ1) is 15.5. The van der Waals surface area contributed by atoms with Crippen molar-refractivity contribution in [1.82, 2.24) is 0 Å². The predicted octanol–water partition coefficient (Wildman–Crippen LogP) is 4.14. The molecule has 5 heteroatoms. The smallest absolute Gasteiger partial charge is 0.196 e. The van der Waals surface area contributed by atoms with E-state index in [4.69, 9.17) is 9.47 Å². The second kappa shape index (κ2) is 6.26. The minimum Gasteiger partial charge on any atom is -0.493 e. The van der Waals surface area contributed by atoms with Gasteiger partial charge in [0.25, 0.3) is 0 Å². The topological polar surface area (TPSA) is 35.5 Å². The lowest BCUT2D eigenvalue weighted by Gasteiger charge is -2.12. The SMILES string of the molecule is COc1cc(F)c(C(=O)c2cccc(Br)c2C)cc1OC. The molecule has 2 rings (SSSR count). The van der Waals surface area contributed by atoms with E-state index in [1.807, 2.05) is 6.07 Å². The second-order valence-electron chi connectivity index (χ2n) is 4.43. The zero-order valence-electron chi connectivity index (χ0n) is 11.9. The van der Waals surface area contributed by atoms with Crippen molar-refractivity contribution in [3.8, 4) is 11.5 Å². The summed E-state index contributed by atoms with van der Waals surface area (Å²) in [6.07, 6.45) is 0. The monoisotopic (exact) mass is 352 g/mol. The van der Waals surface area contributed by atoms with Crippen molar-refractivity contribution in [3.63, 3.8) is 0 Å². The van der Waals surface area contributed by atoms with Gasteiger partial charge in [0.2, 0.25) is 0 Å². The summed E-state index contributed by atoms with van der Waals surface area (Å²) in [4.78, 5) is 12.6. The molecular formula is C16H14BrFO3. The van der Waals surface area contributed by atoms with Gasteiger partial charge in [-0.05, 0) is 24.6 Å². The number of benzene rings is 2. The van der Waals surface area contributed by atoms with Crippen molar-refractivity contribution in [2.75, 3.05) is 14.2 Å². The minimum absolute atomic E-state index is 0.0474. The van der Waals surface area contributed by atoms with Crippen LogP contribution in [0.2, 0.25) is 0 Å². The highest BCUT2D eigenvalue weighted by molar-refractivity contribution is 9.10. The van der Waals surface area contributed by atoms with E-state index >= 15 is 0 Å². The van der Waals surface area contributed by atoms with Crippen molar-refractivity contribution >= 4 is 21.7 Å². The van der Waals surface area contributed by atoms with Crippen molar-refractivity contribution in [3.05, 3.63) is 57.3 Å². The summed E-state index contributed by atoms with van der Waals surface area (Å²) in [5, 5.41) is 0. The molecule has 0 aliphatic rings. The van der Waals surface area contributed by atoms with Gasteiger partial charge in [-0.25, -0.2) is 4.39 Å². The Hall–Kier alpha value is -1.88. The average molecular weight is 353 g/mol. The number of carbonyl (C=O) groups is 1. The summed E-state index contributed by atoms with van der Waals surface area (Å²) in [7, 11) is 2.85. The third kappa shape index (κ3) is 2.93. The fraction of sp³-hybridized carbons (Fsp3) is 0.188. The quantitative estimate of drug-likeness (QED) is 0.775. The molecule has 0 saturated heterocycles. The standard InChI is InChI=1S/C16H14BrFO3/c1-9-10(5-4-6-12(9)17)16(19)11-7-14(20-2)15(21-3)8-13(11)18/h4-8H,1-3H3. The van der Waals surface area contributed by atoms with Gasteiger partial charge in [0, 0.05) is 16.1 Å². The van der Waals surface area contributed by atoms with Crippen molar-refractivity contribution < 1.29 is 18.7 Å². The van der Waals surface area contributed by atoms with Crippen LogP contribution in [0.25, 0.3) is 0 Å². The highest BCUT2D eigenvalue weighted by Gasteiger charge is 2.20. The van der Waals surface area contributed by atoms with Crippen LogP contribution < -0.4 is 9.47 Å². The van der Waals surface area contributed by atoms with Gasteiger partial charge < -0.3 is 9.47 Å². The van der Waals surface area contributed by atoms with Gasteiger partial charge in [-0.2, -0.15) is 0 Å². The molecule has 0 saturated carbocycles. The van der Waals surface area contributed by atoms with Gasteiger partial charge in [0.05, 0.1) is 19.8 Å². The van der Waals surface area contributed by atoms with E-state index in [0.717, 1.165) is 16.1 Å². The van der Waals surface area contributed by atoms with Crippen molar-refractivity contribution in [1.29, 1.82) is 0 Å². The van der Waals surface area contributed by atoms with Crippen LogP contribution >= 0.6 is 15.9 Å². The predicted molar refractivity (Wildman–Crippen MR) is 81.8 cm³/mol. The van der Waals surface area contributed by atoms with Gasteiger partial charge in [0.1, 0.15) is 5.82 Å². The molecule has 21 heavy (non-hydrogen) atoms. The Balaban J connectivity index is 2.56. The zero-order chi connectivity index (χ0) is 15.6. The summed E-state index contributed by atoms with van der Waals surface area (Å²) in [5.74, 6) is -0.475. The van der Waals surface area contributed by atoms with Crippen LogP contribution in [0.3, 0.4) is 0 Å². The lowest BCUT2D eigenvalue weighted by Crippen LogP contribution is -2.07. The average Bonchev–Trinajstić information content (AvgIpc) is 2.49. The Morgan fingerprint density at radius 1 is 1.10 bits per heavy atom. The first-order chi connectivity index (χ1) is 9.99. The lowest BCUT2D eigenvalue weighted by molar-refractivity contribution is 0.103. The summed E-state index contributed by atoms with van der Waals surface area (Å²) in [6.45, 7) is 1.80. The molecule has 0 aliphatic carbocycles. The number of methoxy groups -OCH3 is 2. The maximum absolute atomic E-state index is 14.2. The van der Waals surface area contributed by atoms with E-state index in [1.54, 1.807) is 19.1 Å². The summed E-state index contributed by atoms with van der Waals surface area (Å²) in [6, 6.07) is 7.74. The molecule has 0 heterocycles. The normalized spacial score (nSPS) is 10.3. The molecule has 2 aromatic rings. The van der Waals surface area contributed by atoms with Crippen LogP contribution in [-0.2, 0) is 0 Å². The van der Waals surface area contributed by atoms with Crippen LogP contribution in [0, 0.1) is 12.7 Å². The van der Waals surface area contributed by atoms with Gasteiger partial charge in [-0.1, -0.05) is 28.1 Å². The van der Waals surface area contributed by atoms with E-state index in [9.17, 15) is 9.18 Å². The summed E-state index contributed by atoms with van der Waals surface area (Å²) in [5.41, 5.74) is 1.15. The Morgan fingerprint density at radius 2 is 1.71 bits per heavy atom. The molecule has 0 atom stereocenters. The first-order valence-corrected chi connectivity index (χ1v) is 7.00. The highest BCUT2D eigenvalue weighted by Crippen LogP contribution is 2.31. The molecule has 0 aromatic heterocycles. The van der Waals surface area contributed by atoms with Gasteiger partial charge in [-0.3, -0.25) is 4.79 Å². The molecule has 0 N–H and O–H groups in total. The summed E-state index contributed by atoms with van der Waals surface area (Å²) < 4.78 is 25.1. The van der Waals surface area contributed by atoms with E-state index in [2.05, 4.69) is 15.9 Å². The molecule has 3 nitrogen and oxygen atoms in total. The Kier molecular flexibility index (Phi) is 4.63. The Bertz CT molecular complexity index is 698. The highest BCUT2D eigenvalue weighted by atomic mass is 79.9. The third-order valence-electron chi connectivity index (χ3n) is 3.23. The second-order valence-corrected chi connectivity index (χ2v) is 5.28. The molecular weight excluding hydrogens is 339 g/mol. The van der Waals surface area contributed by atoms with Crippen LogP contribution in [0.4, 0.5) is 4.39 Å². The molecule has 0 amide bonds. The summed E-state index contributed by atoms with van der Waals surface area (Å²) >= 11 is 3.37. The third-order valence-corrected chi connectivity index (χ3v) is 4.09. The number of halogens is 2. The van der Waals surface area contributed by atoms with Crippen LogP contribution in [0.1, 0.15) is 21.5 Å². The van der Waals surface area contributed by atoms with Crippen LogP contribution in [0.15, 0.2) is 34.8 Å². The molecule has 0 bridgehead atoms. The number of ketones is 1. The van der Waals surface area contributed by atoms with Gasteiger partial charge in [-0.15, -0.1) is 0 Å². The Labute approximate surface area is 130 Å². The van der Waals surface area contributed by atoms with E-state index in [1.165, 1.54) is 20.3 Å². The Morgan fingerprint density at radius 3 is 2.33 bits per heavy atom. The van der Waals surface area contributed by atoms with Gasteiger partial charge in [0.15, 0.2) is 17.3 Å². The van der Waals surface area contributed by atoms with Crippen LogP contribution in [0.5, 0.6) is 11.5 Å². The van der Waals surface area contributed by atoms with Crippen molar-refractivity contribution in [2.45, 2.75) is 6.92 Å². The molecule has 0 radical (unpaired) electrons. The lowest BCUT2D eigenvalue weighted by atomic mass is 9.98. The van der Waals surface area contributed by atoms with E-state index < -0.39 is 11.6 Å². The van der Waals surface area contributed by atoms with E-state index in [-0.39, 0.29) is 11.3 Å². The van der Waals surface area contributed by atoms with Crippen molar-refractivity contribution in [2.24, 2.45) is 0 Å². The molecule has 2 aromatic carbocycles. The minimum atomic E-state index is -0.642. The fourth-order valence-electron chi connectivity index (χ4n) is 2.03. The van der Waals surface area contributed by atoms with Crippen LogP contribution in [-0.4, -0.2) is 20.0 Å². The number of rotatable bonds is 4. The number of ether oxygens (including phenoxy) is 2. The van der Waals surface area contributed by atoms with E-state index in [0.29, 0.717) is 11.3 Å². The molecule has 0 fully saturated rings. The molecule has 0 spiro atoms. The number of hydrogen-bond donors (Lipinski definition) is 0. The zero-order valence-corrected chi connectivity index (χ0v) is 13.5. The number of hydrogen-bond acceptors (Lipinski definition) is 3. The maximum Gasteiger partial charge on any atom is 0.196 e.